The van der Waals surface area contributed by atoms with E-state index in [0.717, 1.165) is 0 Å². The van der Waals surface area contributed by atoms with Crippen LogP contribution >= 0.6 is 0 Å². The van der Waals surface area contributed by atoms with Crippen molar-refractivity contribution in [1.82, 2.24) is 0 Å². The first-order chi connectivity index (χ1) is 7.13. The molecule has 0 bridgehead atoms. The molecule has 0 saturated heterocycles. The van der Waals surface area contributed by atoms with Crippen molar-refractivity contribution in [3.63, 3.8) is 0 Å². The van der Waals surface area contributed by atoms with E-state index in [2.05, 4.69) is 6.07 Å². The van der Waals surface area contributed by atoms with E-state index in [1.54, 1.807) is 33.1 Å². The van der Waals surface area contributed by atoms with Crippen molar-refractivity contribution in [1.29, 1.82) is 0 Å². The van der Waals surface area contributed by atoms with Gasteiger partial charge >= 0.3 is 0 Å². The second-order valence-electron chi connectivity index (χ2n) is 3.38. The quantitative estimate of drug-likeness (QED) is 0.713. The second kappa shape index (κ2) is 3.42. The molecule has 3 nitrogen and oxygen atoms in total. The highest BCUT2D eigenvalue weighted by Crippen LogP contribution is 2.19. The minimum atomic E-state index is -0.00680. The summed E-state index contributed by atoms with van der Waals surface area (Å²) < 4.78 is 10.5. The van der Waals surface area contributed by atoms with E-state index in [9.17, 15) is 4.79 Å². The zero-order valence-electron chi connectivity index (χ0n) is 8.88. The minimum absolute atomic E-state index is 0.00680. The Labute approximate surface area is 87.3 Å². The Balaban J connectivity index is 2.86. The molecule has 15 heavy (non-hydrogen) atoms. The fourth-order valence-electron chi connectivity index (χ4n) is 1.43. The highest BCUT2D eigenvalue weighted by Gasteiger charge is 2.08. The minimum Gasteiger partial charge on any atom is -0.496 e. The zero-order valence-corrected chi connectivity index (χ0v) is 8.88. The van der Waals surface area contributed by atoms with Crippen LogP contribution in [0.2, 0.25) is 0 Å². The summed E-state index contributed by atoms with van der Waals surface area (Å²) in [6.45, 7) is 3.52. The molecule has 0 aliphatic carbocycles. The molecule has 0 saturated carbocycles. The molecular formula is C12H11O3. The highest BCUT2D eigenvalue weighted by molar-refractivity contribution is 5.78. The Morgan fingerprint density at radius 1 is 1.33 bits per heavy atom. The lowest BCUT2D eigenvalue weighted by molar-refractivity contribution is 0.413. The molecule has 0 aliphatic rings. The van der Waals surface area contributed by atoms with Crippen molar-refractivity contribution in [3.8, 4) is 5.75 Å². The van der Waals surface area contributed by atoms with Gasteiger partial charge in [-0.3, -0.25) is 4.79 Å². The molecule has 2 rings (SSSR count). The van der Waals surface area contributed by atoms with Gasteiger partial charge in [0.25, 0.3) is 0 Å². The van der Waals surface area contributed by atoms with Gasteiger partial charge in [-0.25, -0.2) is 0 Å². The molecule has 0 amide bonds. The Morgan fingerprint density at radius 3 is 2.73 bits per heavy atom. The summed E-state index contributed by atoms with van der Waals surface area (Å²) in [5.41, 5.74) is 1.08. The van der Waals surface area contributed by atoms with Crippen molar-refractivity contribution < 1.29 is 9.15 Å². The van der Waals surface area contributed by atoms with Gasteiger partial charge in [0.1, 0.15) is 17.1 Å². The number of benzene rings is 1. The monoisotopic (exact) mass is 203 g/mol. The molecule has 0 spiro atoms. The van der Waals surface area contributed by atoms with Gasteiger partial charge < -0.3 is 9.15 Å². The van der Waals surface area contributed by atoms with Gasteiger partial charge in [-0.15, -0.1) is 0 Å². The largest absolute Gasteiger partial charge is 0.496 e. The highest BCUT2D eigenvalue weighted by atomic mass is 16.5. The summed E-state index contributed by atoms with van der Waals surface area (Å²) >= 11 is 0. The van der Waals surface area contributed by atoms with Crippen molar-refractivity contribution in [2.45, 2.75) is 13.8 Å². The average Bonchev–Trinajstić information content (AvgIpc) is 2.25. The van der Waals surface area contributed by atoms with E-state index in [1.165, 1.54) is 0 Å². The molecule has 0 fully saturated rings. The van der Waals surface area contributed by atoms with Gasteiger partial charge in [0.15, 0.2) is 5.43 Å². The van der Waals surface area contributed by atoms with Crippen LogP contribution in [0.4, 0.5) is 0 Å². The summed E-state index contributed by atoms with van der Waals surface area (Å²) in [5, 5.41) is 0.541. The number of fused-ring (bicyclic) bond motifs is 1. The second-order valence-corrected chi connectivity index (χ2v) is 3.38. The standard InChI is InChI=1S/C12H11O3/c1-7-8(2)15-11-6-9(14-3)4-5-10(11)12(7)13/h4-5H,1-3H3. The summed E-state index contributed by atoms with van der Waals surface area (Å²) in [6, 6.07) is 6.30. The average molecular weight is 203 g/mol. The Bertz CT molecular complexity index is 567. The molecule has 1 radical (unpaired) electrons. The van der Waals surface area contributed by atoms with Crippen LogP contribution in [0.3, 0.4) is 0 Å². The lowest BCUT2D eigenvalue weighted by atomic mass is 10.1. The van der Waals surface area contributed by atoms with Crippen LogP contribution in [0.1, 0.15) is 11.3 Å². The van der Waals surface area contributed by atoms with E-state index in [1.807, 2.05) is 0 Å². The summed E-state index contributed by atoms with van der Waals surface area (Å²) in [6.07, 6.45) is 0. The Kier molecular flexibility index (Phi) is 2.23. The van der Waals surface area contributed by atoms with Crippen LogP contribution < -0.4 is 10.2 Å². The van der Waals surface area contributed by atoms with Crippen LogP contribution in [0.15, 0.2) is 21.3 Å². The summed E-state index contributed by atoms with van der Waals surface area (Å²) in [4.78, 5) is 11.8. The lowest BCUT2D eigenvalue weighted by Gasteiger charge is -2.03. The molecule has 0 N–H and O–H groups in total. The first-order valence-corrected chi connectivity index (χ1v) is 4.64. The maximum Gasteiger partial charge on any atom is 0.195 e. The number of rotatable bonds is 1. The summed E-state index contributed by atoms with van der Waals surface area (Å²) in [5.74, 6) is 1.19. The fraction of sp³-hybridized carbons (Fsp3) is 0.250. The van der Waals surface area contributed by atoms with Crippen LogP contribution in [-0.4, -0.2) is 7.11 Å². The normalized spacial score (nSPS) is 10.6. The third-order valence-corrected chi connectivity index (χ3v) is 2.47. The molecule has 2 aromatic rings. The smallest absolute Gasteiger partial charge is 0.195 e. The lowest BCUT2D eigenvalue weighted by Crippen LogP contribution is -2.07. The molecule has 0 unspecified atom stereocenters. The molecule has 0 atom stereocenters. The number of aryl methyl sites for hydroxylation is 1. The first-order valence-electron chi connectivity index (χ1n) is 4.64. The van der Waals surface area contributed by atoms with Gasteiger partial charge in [-0.05, 0) is 26.0 Å². The zero-order chi connectivity index (χ0) is 11.0. The van der Waals surface area contributed by atoms with E-state index in [4.69, 9.17) is 9.15 Å². The molecule has 0 aliphatic heterocycles. The van der Waals surface area contributed by atoms with Crippen molar-refractivity contribution in [3.05, 3.63) is 39.7 Å². The van der Waals surface area contributed by atoms with Crippen LogP contribution in [0.25, 0.3) is 11.0 Å². The maximum atomic E-state index is 11.8. The Hall–Kier alpha value is -1.77. The molecular weight excluding hydrogens is 192 g/mol. The molecule has 1 heterocycles. The van der Waals surface area contributed by atoms with Crippen molar-refractivity contribution in [2.75, 3.05) is 7.11 Å². The third kappa shape index (κ3) is 1.50. The number of ether oxygens (including phenoxy) is 1. The molecule has 77 valence electrons. The number of methoxy groups -OCH3 is 1. The van der Waals surface area contributed by atoms with Gasteiger partial charge in [0, 0.05) is 5.56 Å². The maximum absolute atomic E-state index is 11.8. The van der Waals surface area contributed by atoms with E-state index >= 15 is 0 Å². The number of hydrogen-bond donors (Lipinski definition) is 0. The van der Waals surface area contributed by atoms with Crippen molar-refractivity contribution in [2.24, 2.45) is 0 Å². The predicted molar refractivity (Wildman–Crippen MR) is 57.3 cm³/mol. The summed E-state index contributed by atoms with van der Waals surface area (Å²) in [7, 11) is 1.55. The number of hydrogen-bond acceptors (Lipinski definition) is 3. The van der Waals surface area contributed by atoms with E-state index < -0.39 is 0 Å². The van der Waals surface area contributed by atoms with E-state index in [-0.39, 0.29) is 5.43 Å². The molecule has 1 aromatic heterocycles. The van der Waals surface area contributed by atoms with Crippen LogP contribution in [0, 0.1) is 19.9 Å². The van der Waals surface area contributed by atoms with Gasteiger partial charge in [0.2, 0.25) is 0 Å². The van der Waals surface area contributed by atoms with Gasteiger partial charge in [0.05, 0.1) is 18.6 Å². The predicted octanol–water partition coefficient (Wildman–Crippen LogP) is 2.22. The topological polar surface area (TPSA) is 39.4 Å². The third-order valence-electron chi connectivity index (χ3n) is 2.47. The van der Waals surface area contributed by atoms with E-state index in [0.29, 0.717) is 28.0 Å². The van der Waals surface area contributed by atoms with Crippen LogP contribution in [0.5, 0.6) is 5.75 Å². The van der Waals surface area contributed by atoms with Gasteiger partial charge in [-0.2, -0.15) is 0 Å². The Morgan fingerprint density at radius 2 is 2.07 bits per heavy atom. The fourth-order valence-corrected chi connectivity index (χ4v) is 1.43. The molecule has 1 aromatic carbocycles. The van der Waals surface area contributed by atoms with Gasteiger partial charge in [-0.1, -0.05) is 0 Å². The van der Waals surface area contributed by atoms with Crippen LogP contribution in [-0.2, 0) is 0 Å². The molecule has 3 heteroatoms. The first kappa shape index (κ1) is 9.77. The SMILES string of the molecule is COc1[c]c2oc(C)c(C)c(=O)c2cc1. The van der Waals surface area contributed by atoms with Crippen molar-refractivity contribution >= 4 is 11.0 Å².